The zero-order valence-corrected chi connectivity index (χ0v) is 11.8. The van der Waals surface area contributed by atoms with E-state index in [0.29, 0.717) is 6.08 Å². The third kappa shape index (κ3) is 2.90. The molecule has 0 spiro atoms. The molecule has 0 bridgehead atoms. The van der Waals surface area contributed by atoms with Gasteiger partial charge < -0.3 is 13.3 Å². The second-order valence-corrected chi connectivity index (χ2v) is 6.30. The van der Waals surface area contributed by atoms with Crippen LogP contribution in [0.3, 0.4) is 0 Å². The Morgan fingerprint density at radius 1 is 0.700 bits per heavy atom. The van der Waals surface area contributed by atoms with Crippen LogP contribution in [-0.2, 0) is 13.3 Å². The zero-order chi connectivity index (χ0) is 15.5. The summed E-state index contributed by atoms with van der Waals surface area (Å²) in [5.74, 6) is -10.1. The molecule has 0 aliphatic heterocycles. The van der Waals surface area contributed by atoms with Crippen molar-refractivity contribution < 1.29 is 35.2 Å². The Kier molecular flexibility index (Phi) is 5.40. The van der Waals surface area contributed by atoms with Crippen LogP contribution in [0, 0.1) is 29.1 Å². The molecule has 0 saturated carbocycles. The molecule has 0 N–H and O–H groups in total. The van der Waals surface area contributed by atoms with Crippen LogP contribution in [0.15, 0.2) is 5.70 Å². The molecule has 3 nitrogen and oxygen atoms in total. The Morgan fingerprint density at radius 3 is 1.40 bits per heavy atom. The van der Waals surface area contributed by atoms with Crippen molar-refractivity contribution in [3.8, 4) is 0 Å². The minimum Gasteiger partial charge on any atom is -0.374 e. The minimum absolute atomic E-state index is 0.680. The van der Waals surface area contributed by atoms with Crippen LogP contribution in [0.4, 0.5) is 22.0 Å². The molecule has 1 aromatic carbocycles. The van der Waals surface area contributed by atoms with E-state index in [0.717, 1.165) is 5.70 Å². The smallest absolute Gasteiger partial charge is 0.374 e. The van der Waals surface area contributed by atoms with Crippen molar-refractivity contribution in [3.63, 3.8) is 0 Å². The lowest BCUT2D eigenvalue weighted by Gasteiger charge is -2.20. The van der Waals surface area contributed by atoms with E-state index in [1.807, 2.05) is 0 Å². The molecular weight excluding hydrogens is 303 g/mol. The summed E-state index contributed by atoms with van der Waals surface area (Å²) in [6, 6.07) is 0. The fourth-order valence-electron chi connectivity index (χ4n) is 1.41. The monoisotopic (exact) mass is 314 g/mol. The topological polar surface area (TPSA) is 27.7 Å². The molecule has 0 saturated heterocycles. The lowest BCUT2D eigenvalue weighted by Crippen LogP contribution is -2.40. The van der Waals surface area contributed by atoms with E-state index in [-0.39, 0.29) is 0 Å². The molecule has 0 fully saturated rings. The number of rotatable bonds is 5. The first-order valence-corrected chi connectivity index (χ1v) is 6.99. The van der Waals surface area contributed by atoms with Crippen molar-refractivity contribution in [1.82, 2.24) is 0 Å². The SMILES string of the molecule is CO[Si](C=Cc1c(F)c(F)c(F)c(F)c1F)(OC)OC. The first-order chi connectivity index (χ1) is 9.33. The molecule has 0 heterocycles. The zero-order valence-electron chi connectivity index (χ0n) is 10.8. The van der Waals surface area contributed by atoms with Crippen LogP contribution in [0.1, 0.15) is 5.56 Å². The summed E-state index contributed by atoms with van der Waals surface area (Å²) in [7, 11) is 0.326. The van der Waals surface area contributed by atoms with E-state index < -0.39 is 43.5 Å². The summed E-state index contributed by atoms with van der Waals surface area (Å²) in [6.07, 6.45) is 0.680. The van der Waals surface area contributed by atoms with Gasteiger partial charge in [0.15, 0.2) is 23.3 Å². The standard InChI is InChI=1S/C11H11F5O3Si/c1-17-20(18-2,19-3)5-4-6-7(12)9(14)11(16)10(15)8(6)13/h4-5H,1-3H3. The number of halogens is 5. The Morgan fingerprint density at radius 2 is 1.05 bits per heavy atom. The van der Waals surface area contributed by atoms with Crippen molar-refractivity contribution in [2.45, 2.75) is 0 Å². The molecule has 0 aliphatic rings. The van der Waals surface area contributed by atoms with Gasteiger partial charge in [0.1, 0.15) is 0 Å². The van der Waals surface area contributed by atoms with Gasteiger partial charge in [-0.25, -0.2) is 22.0 Å². The Hall–Kier alpha value is -1.29. The van der Waals surface area contributed by atoms with Gasteiger partial charge in [0.2, 0.25) is 5.82 Å². The second-order valence-electron chi connectivity index (χ2n) is 3.53. The summed E-state index contributed by atoms with van der Waals surface area (Å²) in [5, 5.41) is 0. The van der Waals surface area contributed by atoms with Gasteiger partial charge in [0.05, 0.1) is 5.56 Å². The van der Waals surface area contributed by atoms with E-state index in [9.17, 15) is 22.0 Å². The number of benzene rings is 1. The molecule has 112 valence electrons. The third-order valence-corrected chi connectivity index (χ3v) is 4.83. The van der Waals surface area contributed by atoms with Crippen molar-refractivity contribution in [2.24, 2.45) is 0 Å². The maximum absolute atomic E-state index is 13.4. The molecule has 20 heavy (non-hydrogen) atoms. The number of hydrogen-bond donors (Lipinski definition) is 0. The fraction of sp³-hybridized carbons (Fsp3) is 0.273. The molecule has 1 rings (SSSR count). The Balaban J connectivity index is 3.36. The summed E-state index contributed by atoms with van der Waals surface area (Å²) in [6.45, 7) is 0. The van der Waals surface area contributed by atoms with Crippen LogP contribution in [-0.4, -0.2) is 30.1 Å². The minimum atomic E-state index is -3.35. The maximum Gasteiger partial charge on any atom is 0.528 e. The summed E-state index contributed by atoms with van der Waals surface area (Å²) in [4.78, 5) is 0. The van der Waals surface area contributed by atoms with Crippen LogP contribution in [0.25, 0.3) is 6.08 Å². The first kappa shape index (κ1) is 16.8. The van der Waals surface area contributed by atoms with Crippen LogP contribution in [0.5, 0.6) is 0 Å². The maximum atomic E-state index is 13.4. The van der Waals surface area contributed by atoms with E-state index in [2.05, 4.69) is 0 Å². The molecular formula is C11H11F5O3Si. The lowest BCUT2D eigenvalue weighted by molar-refractivity contribution is 0.139. The van der Waals surface area contributed by atoms with Crippen molar-refractivity contribution in [2.75, 3.05) is 21.3 Å². The molecule has 0 aliphatic carbocycles. The first-order valence-electron chi connectivity index (χ1n) is 5.19. The van der Waals surface area contributed by atoms with E-state index >= 15 is 0 Å². The van der Waals surface area contributed by atoms with E-state index in [4.69, 9.17) is 13.3 Å². The highest BCUT2D eigenvalue weighted by atomic mass is 28.4. The average Bonchev–Trinajstić information content (AvgIpc) is 2.47. The molecule has 0 amide bonds. The molecule has 0 aromatic heterocycles. The van der Waals surface area contributed by atoms with Gasteiger partial charge >= 0.3 is 8.80 Å². The lowest BCUT2D eigenvalue weighted by atomic mass is 10.1. The average molecular weight is 314 g/mol. The van der Waals surface area contributed by atoms with E-state index in [1.165, 1.54) is 21.3 Å². The van der Waals surface area contributed by atoms with Gasteiger partial charge in [0.25, 0.3) is 0 Å². The fourth-order valence-corrected chi connectivity index (χ4v) is 2.69. The summed E-state index contributed by atoms with van der Waals surface area (Å²) < 4.78 is 80.4. The van der Waals surface area contributed by atoms with Gasteiger partial charge in [-0.3, -0.25) is 0 Å². The predicted molar refractivity (Wildman–Crippen MR) is 62.0 cm³/mol. The van der Waals surface area contributed by atoms with Gasteiger partial charge in [-0.2, -0.15) is 0 Å². The molecule has 1 aromatic rings. The quantitative estimate of drug-likeness (QED) is 0.362. The highest BCUT2D eigenvalue weighted by molar-refractivity contribution is 6.66. The highest BCUT2D eigenvalue weighted by Gasteiger charge is 2.35. The number of hydrogen-bond acceptors (Lipinski definition) is 3. The van der Waals surface area contributed by atoms with Crippen molar-refractivity contribution in [1.29, 1.82) is 0 Å². The molecule has 0 unspecified atom stereocenters. The van der Waals surface area contributed by atoms with E-state index in [1.54, 1.807) is 0 Å². The van der Waals surface area contributed by atoms with Crippen LogP contribution < -0.4 is 0 Å². The second kappa shape index (κ2) is 6.44. The Labute approximate surface area is 112 Å². The summed E-state index contributed by atoms with van der Waals surface area (Å²) in [5.41, 5.74) is -0.0879. The summed E-state index contributed by atoms with van der Waals surface area (Å²) >= 11 is 0. The molecule has 0 radical (unpaired) electrons. The van der Waals surface area contributed by atoms with Gasteiger partial charge in [-0.1, -0.05) is 0 Å². The van der Waals surface area contributed by atoms with Crippen molar-refractivity contribution in [3.05, 3.63) is 40.3 Å². The predicted octanol–water partition coefficient (Wildman–Crippen LogP) is 2.81. The van der Waals surface area contributed by atoms with Crippen molar-refractivity contribution >= 4 is 14.9 Å². The Bertz CT molecular complexity index is 494. The molecule has 9 heteroatoms. The van der Waals surface area contributed by atoms with Gasteiger partial charge in [-0.15, -0.1) is 0 Å². The normalized spacial score (nSPS) is 12.4. The third-order valence-electron chi connectivity index (χ3n) is 2.55. The van der Waals surface area contributed by atoms with Gasteiger partial charge in [0, 0.05) is 21.3 Å². The highest BCUT2D eigenvalue weighted by Crippen LogP contribution is 2.24. The molecule has 0 atom stereocenters. The van der Waals surface area contributed by atoms with Gasteiger partial charge in [-0.05, 0) is 11.8 Å². The van der Waals surface area contributed by atoms with Crippen LogP contribution >= 0.6 is 0 Å². The van der Waals surface area contributed by atoms with Crippen LogP contribution in [0.2, 0.25) is 0 Å². The largest absolute Gasteiger partial charge is 0.528 e.